The van der Waals surface area contributed by atoms with Gasteiger partial charge in [0.1, 0.15) is 0 Å². The number of carbonyl (C=O) groups is 2. The van der Waals surface area contributed by atoms with Gasteiger partial charge < -0.3 is 15.7 Å². The second kappa shape index (κ2) is 6.35. The number of carbonyl (C=O) groups excluding carboxylic acids is 1. The smallest absolute Gasteiger partial charge is 0.314 e. The molecule has 5 heteroatoms. The van der Waals surface area contributed by atoms with Crippen LogP contribution in [0.3, 0.4) is 0 Å². The maximum absolute atomic E-state index is 11.2. The van der Waals surface area contributed by atoms with E-state index in [2.05, 4.69) is 38.3 Å². The molecule has 0 rings (SSSR count). The number of hydrogen-bond donors (Lipinski definition) is 3. The largest absolute Gasteiger partial charge is 0.481 e. The Hall–Kier alpha value is -1.26. The minimum Gasteiger partial charge on any atom is -0.481 e. The van der Waals surface area contributed by atoms with Crippen LogP contribution in [0.1, 0.15) is 34.1 Å². The van der Waals surface area contributed by atoms with Crippen LogP contribution in [0.4, 0.5) is 4.79 Å². The van der Waals surface area contributed by atoms with Gasteiger partial charge in [-0.05, 0) is 11.3 Å². The van der Waals surface area contributed by atoms with Gasteiger partial charge in [0, 0.05) is 13.1 Å². The SMILES string of the molecule is CC(CNC(=O)NCCC(=O)O)C(C)(C)C. The zero-order valence-electron chi connectivity index (χ0n) is 10.5. The van der Waals surface area contributed by atoms with Crippen LogP contribution in [-0.2, 0) is 4.79 Å². The molecule has 0 saturated heterocycles. The van der Waals surface area contributed by atoms with Crippen LogP contribution in [0.25, 0.3) is 0 Å². The minimum atomic E-state index is -0.914. The van der Waals surface area contributed by atoms with E-state index < -0.39 is 5.97 Å². The van der Waals surface area contributed by atoms with E-state index in [9.17, 15) is 9.59 Å². The third-order valence-corrected chi connectivity index (χ3v) is 2.67. The maximum Gasteiger partial charge on any atom is 0.314 e. The van der Waals surface area contributed by atoms with Crippen molar-refractivity contribution in [1.29, 1.82) is 0 Å². The van der Waals surface area contributed by atoms with Crippen LogP contribution >= 0.6 is 0 Å². The highest BCUT2D eigenvalue weighted by molar-refractivity contribution is 5.74. The predicted molar refractivity (Wildman–Crippen MR) is 62.3 cm³/mol. The van der Waals surface area contributed by atoms with Gasteiger partial charge in [-0.2, -0.15) is 0 Å². The molecule has 0 bridgehead atoms. The molecule has 1 atom stereocenters. The Balaban J connectivity index is 3.70. The van der Waals surface area contributed by atoms with Gasteiger partial charge in [-0.3, -0.25) is 4.79 Å². The standard InChI is InChI=1S/C11H22N2O3/c1-8(11(2,3)4)7-13-10(16)12-6-5-9(14)15/h8H,5-7H2,1-4H3,(H,14,15)(H2,12,13,16). The molecule has 5 nitrogen and oxygen atoms in total. The van der Waals surface area contributed by atoms with Crippen LogP contribution in [-0.4, -0.2) is 30.2 Å². The Morgan fingerprint density at radius 1 is 1.25 bits per heavy atom. The molecule has 0 spiro atoms. The lowest BCUT2D eigenvalue weighted by Gasteiger charge is -2.27. The van der Waals surface area contributed by atoms with Gasteiger partial charge in [-0.1, -0.05) is 27.7 Å². The fourth-order valence-corrected chi connectivity index (χ4v) is 0.897. The third kappa shape index (κ3) is 7.09. The molecule has 1 unspecified atom stereocenters. The van der Waals surface area contributed by atoms with Gasteiger partial charge in [0.05, 0.1) is 6.42 Å². The molecule has 0 saturated carbocycles. The second-order valence-electron chi connectivity index (χ2n) is 5.05. The van der Waals surface area contributed by atoms with Gasteiger partial charge in [-0.25, -0.2) is 4.79 Å². The van der Waals surface area contributed by atoms with E-state index in [1.165, 1.54) is 0 Å². The first-order chi connectivity index (χ1) is 7.23. The Labute approximate surface area is 96.6 Å². The van der Waals surface area contributed by atoms with Gasteiger partial charge in [0.25, 0.3) is 0 Å². The monoisotopic (exact) mass is 230 g/mol. The quantitative estimate of drug-likeness (QED) is 0.668. The number of urea groups is 1. The summed E-state index contributed by atoms with van der Waals surface area (Å²) in [4.78, 5) is 21.4. The normalized spacial score (nSPS) is 13.0. The molecule has 2 amide bonds. The first kappa shape index (κ1) is 14.7. The van der Waals surface area contributed by atoms with Crippen molar-refractivity contribution in [1.82, 2.24) is 10.6 Å². The van der Waals surface area contributed by atoms with Crippen LogP contribution in [0.15, 0.2) is 0 Å². The number of rotatable bonds is 5. The number of carboxylic acids is 1. The summed E-state index contributed by atoms with van der Waals surface area (Å²) in [6, 6.07) is -0.308. The van der Waals surface area contributed by atoms with Crippen molar-refractivity contribution in [3.8, 4) is 0 Å². The van der Waals surface area contributed by atoms with E-state index >= 15 is 0 Å². The number of carboxylic acid groups (broad SMARTS) is 1. The Morgan fingerprint density at radius 2 is 1.81 bits per heavy atom. The Morgan fingerprint density at radius 3 is 2.25 bits per heavy atom. The van der Waals surface area contributed by atoms with Gasteiger partial charge >= 0.3 is 12.0 Å². The molecule has 0 aliphatic carbocycles. The Bertz CT molecular complexity index is 246. The van der Waals surface area contributed by atoms with Crippen LogP contribution in [0, 0.1) is 11.3 Å². The molecular weight excluding hydrogens is 208 g/mol. The molecule has 0 fully saturated rings. The second-order valence-corrected chi connectivity index (χ2v) is 5.05. The van der Waals surface area contributed by atoms with Gasteiger partial charge in [-0.15, -0.1) is 0 Å². The summed E-state index contributed by atoms with van der Waals surface area (Å²) < 4.78 is 0. The van der Waals surface area contributed by atoms with E-state index in [0.717, 1.165) is 0 Å². The Kier molecular flexibility index (Phi) is 5.85. The molecule has 0 aromatic rings. The van der Waals surface area contributed by atoms with Crippen LogP contribution < -0.4 is 10.6 Å². The molecule has 0 aromatic heterocycles. The summed E-state index contributed by atoms with van der Waals surface area (Å²) >= 11 is 0. The van der Waals surface area contributed by atoms with E-state index in [4.69, 9.17) is 5.11 Å². The van der Waals surface area contributed by atoms with Crippen molar-refractivity contribution < 1.29 is 14.7 Å². The summed E-state index contributed by atoms with van der Waals surface area (Å²) in [6.07, 6.45) is -0.0533. The fraction of sp³-hybridized carbons (Fsp3) is 0.818. The topological polar surface area (TPSA) is 78.4 Å². The highest BCUT2D eigenvalue weighted by Crippen LogP contribution is 2.24. The molecule has 0 heterocycles. The number of hydrogen-bond acceptors (Lipinski definition) is 2. The zero-order chi connectivity index (χ0) is 12.8. The summed E-state index contributed by atoms with van der Waals surface area (Å²) in [7, 11) is 0. The lowest BCUT2D eigenvalue weighted by molar-refractivity contribution is -0.136. The van der Waals surface area contributed by atoms with E-state index in [-0.39, 0.29) is 24.4 Å². The number of aliphatic carboxylic acids is 1. The van der Waals surface area contributed by atoms with Crippen LogP contribution in [0.2, 0.25) is 0 Å². The number of nitrogens with one attached hydrogen (secondary N) is 2. The summed E-state index contributed by atoms with van der Waals surface area (Å²) in [5.41, 5.74) is 0.147. The highest BCUT2D eigenvalue weighted by atomic mass is 16.4. The first-order valence-corrected chi connectivity index (χ1v) is 5.47. The lowest BCUT2D eigenvalue weighted by atomic mass is 9.82. The van der Waals surface area contributed by atoms with E-state index in [1.54, 1.807) is 0 Å². The molecular formula is C11H22N2O3. The zero-order valence-corrected chi connectivity index (χ0v) is 10.5. The predicted octanol–water partition coefficient (Wildman–Crippen LogP) is 1.44. The van der Waals surface area contributed by atoms with Crippen molar-refractivity contribution in [3.05, 3.63) is 0 Å². The molecule has 0 aliphatic rings. The van der Waals surface area contributed by atoms with Crippen molar-refractivity contribution in [2.75, 3.05) is 13.1 Å². The maximum atomic E-state index is 11.2. The molecule has 0 radical (unpaired) electrons. The fourth-order valence-electron chi connectivity index (χ4n) is 0.897. The molecule has 0 aliphatic heterocycles. The van der Waals surface area contributed by atoms with E-state index in [1.807, 2.05) is 0 Å². The van der Waals surface area contributed by atoms with E-state index in [0.29, 0.717) is 12.5 Å². The first-order valence-electron chi connectivity index (χ1n) is 5.47. The van der Waals surface area contributed by atoms with Crippen molar-refractivity contribution in [2.24, 2.45) is 11.3 Å². The lowest BCUT2D eigenvalue weighted by Crippen LogP contribution is -2.40. The molecule has 0 aromatic carbocycles. The van der Waals surface area contributed by atoms with Gasteiger partial charge in [0.15, 0.2) is 0 Å². The number of amides is 2. The third-order valence-electron chi connectivity index (χ3n) is 2.67. The minimum absolute atomic E-state index is 0.0533. The summed E-state index contributed by atoms with van der Waals surface area (Å²) in [5.74, 6) is -0.555. The van der Waals surface area contributed by atoms with Gasteiger partial charge in [0.2, 0.25) is 0 Å². The average Bonchev–Trinajstić information content (AvgIpc) is 2.11. The van der Waals surface area contributed by atoms with Crippen LogP contribution in [0.5, 0.6) is 0 Å². The highest BCUT2D eigenvalue weighted by Gasteiger charge is 2.20. The summed E-state index contributed by atoms with van der Waals surface area (Å²) in [6.45, 7) is 9.15. The molecule has 16 heavy (non-hydrogen) atoms. The van der Waals surface area contributed by atoms with Crippen molar-refractivity contribution >= 4 is 12.0 Å². The molecule has 3 N–H and O–H groups in total. The molecule has 94 valence electrons. The summed E-state index contributed by atoms with van der Waals surface area (Å²) in [5, 5.41) is 13.6. The van der Waals surface area contributed by atoms with Crippen molar-refractivity contribution in [2.45, 2.75) is 34.1 Å². The average molecular weight is 230 g/mol. The van der Waals surface area contributed by atoms with Crippen molar-refractivity contribution in [3.63, 3.8) is 0 Å².